The Hall–Kier alpha value is -1.86. The molecule has 2 atom stereocenters. The summed E-state index contributed by atoms with van der Waals surface area (Å²) in [6, 6.07) is 10.5. The molecule has 0 aliphatic carbocycles. The molecule has 1 aliphatic rings. The van der Waals surface area contributed by atoms with E-state index in [-0.39, 0.29) is 11.8 Å². The van der Waals surface area contributed by atoms with Gasteiger partial charge in [-0.05, 0) is 26.0 Å². The van der Waals surface area contributed by atoms with Crippen LogP contribution >= 0.6 is 0 Å². The zero-order chi connectivity index (χ0) is 13.8. The molecule has 2 unspecified atom stereocenters. The van der Waals surface area contributed by atoms with Crippen LogP contribution in [0.15, 0.2) is 24.3 Å². The van der Waals surface area contributed by atoms with Gasteiger partial charge in [-0.3, -0.25) is 4.79 Å². The zero-order valence-electron chi connectivity index (χ0n) is 11.4. The van der Waals surface area contributed by atoms with E-state index < -0.39 is 0 Å². The van der Waals surface area contributed by atoms with Gasteiger partial charge in [0.15, 0.2) is 5.78 Å². The van der Waals surface area contributed by atoms with Gasteiger partial charge >= 0.3 is 0 Å². The summed E-state index contributed by atoms with van der Waals surface area (Å²) in [5, 5.41) is 12.2. The summed E-state index contributed by atoms with van der Waals surface area (Å²) in [5.74, 6) is 0.0817. The van der Waals surface area contributed by atoms with Gasteiger partial charge in [0.25, 0.3) is 0 Å². The molecule has 1 aromatic rings. The lowest BCUT2D eigenvalue weighted by Crippen LogP contribution is -2.55. The summed E-state index contributed by atoms with van der Waals surface area (Å²) in [5.41, 5.74) is 1.80. The van der Waals surface area contributed by atoms with Gasteiger partial charge < -0.3 is 10.2 Å². The number of rotatable bonds is 3. The maximum Gasteiger partial charge on any atom is 0.159 e. The fourth-order valence-electron chi connectivity index (χ4n) is 2.44. The van der Waals surface area contributed by atoms with Gasteiger partial charge in [0.05, 0.1) is 12.5 Å². The number of hydrogen-bond donors (Lipinski definition) is 1. The lowest BCUT2D eigenvalue weighted by Gasteiger charge is -2.40. The Morgan fingerprint density at radius 3 is 3.05 bits per heavy atom. The van der Waals surface area contributed by atoms with E-state index in [4.69, 9.17) is 5.26 Å². The Kier molecular flexibility index (Phi) is 4.18. The normalized spacial score (nSPS) is 22.9. The fraction of sp³-hybridized carbons (Fsp3) is 0.467. The highest BCUT2D eigenvalue weighted by Gasteiger charge is 2.25. The summed E-state index contributed by atoms with van der Waals surface area (Å²) >= 11 is 0. The third kappa shape index (κ3) is 3.12. The van der Waals surface area contributed by atoms with E-state index in [0.717, 1.165) is 24.3 Å². The molecule has 0 radical (unpaired) electrons. The monoisotopic (exact) mass is 257 g/mol. The van der Waals surface area contributed by atoms with Crippen molar-refractivity contribution in [3.63, 3.8) is 0 Å². The maximum absolute atomic E-state index is 11.5. The van der Waals surface area contributed by atoms with Gasteiger partial charge in [0.2, 0.25) is 0 Å². The first-order valence-corrected chi connectivity index (χ1v) is 6.60. The van der Waals surface area contributed by atoms with Gasteiger partial charge in [-0.1, -0.05) is 12.1 Å². The molecule has 1 heterocycles. The van der Waals surface area contributed by atoms with Gasteiger partial charge in [-0.15, -0.1) is 0 Å². The van der Waals surface area contributed by atoms with Crippen molar-refractivity contribution in [3.8, 4) is 6.07 Å². The molecule has 0 bridgehead atoms. The number of carbonyl (C=O) groups is 1. The number of carbonyl (C=O) groups excluding carboxylic acids is 1. The minimum Gasteiger partial charge on any atom is -0.366 e. The molecule has 4 nitrogen and oxygen atoms in total. The Morgan fingerprint density at radius 2 is 2.37 bits per heavy atom. The second-order valence-electron chi connectivity index (χ2n) is 5.08. The highest BCUT2D eigenvalue weighted by Crippen LogP contribution is 2.22. The quantitative estimate of drug-likeness (QED) is 0.841. The number of benzene rings is 1. The largest absolute Gasteiger partial charge is 0.366 e. The van der Waals surface area contributed by atoms with Gasteiger partial charge in [-0.2, -0.15) is 5.26 Å². The molecule has 0 spiro atoms. The van der Waals surface area contributed by atoms with Crippen molar-refractivity contribution in [2.75, 3.05) is 18.0 Å². The molecule has 1 aliphatic heterocycles. The summed E-state index contributed by atoms with van der Waals surface area (Å²) < 4.78 is 0. The van der Waals surface area contributed by atoms with Crippen molar-refractivity contribution in [2.24, 2.45) is 0 Å². The lowest BCUT2D eigenvalue weighted by molar-refractivity contribution is 0.101. The number of ketones is 1. The summed E-state index contributed by atoms with van der Waals surface area (Å²) in [7, 11) is 0. The molecule has 4 heteroatoms. The molecular formula is C15H19N3O. The smallest absolute Gasteiger partial charge is 0.159 e. The molecule has 19 heavy (non-hydrogen) atoms. The van der Waals surface area contributed by atoms with Crippen LogP contribution in [-0.4, -0.2) is 31.0 Å². The third-order valence-electron chi connectivity index (χ3n) is 3.57. The highest BCUT2D eigenvalue weighted by molar-refractivity contribution is 5.95. The highest BCUT2D eigenvalue weighted by atomic mass is 16.1. The molecule has 100 valence electrons. The lowest BCUT2D eigenvalue weighted by atomic mass is 10.0. The van der Waals surface area contributed by atoms with Crippen molar-refractivity contribution in [2.45, 2.75) is 32.4 Å². The van der Waals surface area contributed by atoms with Crippen LogP contribution in [0.1, 0.15) is 30.6 Å². The molecular weight excluding hydrogens is 238 g/mol. The van der Waals surface area contributed by atoms with E-state index in [1.165, 1.54) is 0 Å². The van der Waals surface area contributed by atoms with Crippen LogP contribution in [-0.2, 0) is 0 Å². The van der Waals surface area contributed by atoms with Crippen molar-refractivity contribution in [3.05, 3.63) is 29.8 Å². The van der Waals surface area contributed by atoms with Crippen molar-refractivity contribution in [1.82, 2.24) is 5.32 Å². The Bertz CT molecular complexity index is 506. The Balaban J connectivity index is 2.21. The predicted molar refractivity (Wildman–Crippen MR) is 75.3 cm³/mol. The van der Waals surface area contributed by atoms with Gasteiger partial charge in [0, 0.05) is 36.4 Å². The molecule has 1 fully saturated rings. The van der Waals surface area contributed by atoms with Crippen LogP contribution in [0.2, 0.25) is 0 Å². The first-order chi connectivity index (χ1) is 9.11. The first kappa shape index (κ1) is 13.6. The predicted octanol–water partition coefficient (Wildman–Crippen LogP) is 1.97. The third-order valence-corrected chi connectivity index (χ3v) is 3.57. The SMILES string of the molecule is CC(=O)c1cccc(N2CC(CC#N)NCC2C)c1. The minimum absolute atomic E-state index is 0.0817. The molecule has 1 aromatic carbocycles. The van der Waals surface area contributed by atoms with E-state index in [9.17, 15) is 4.79 Å². The van der Waals surface area contributed by atoms with Crippen LogP contribution < -0.4 is 10.2 Å². The molecule has 1 N–H and O–H groups in total. The first-order valence-electron chi connectivity index (χ1n) is 6.60. The summed E-state index contributed by atoms with van der Waals surface area (Å²) in [6.45, 7) is 5.39. The second-order valence-corrected chi connectivity index (χ2v) is 5.08. The van der Waals surface area contributed by atoms with E-state index in [2.05, 4.69) is 23.2 Å². The van der Waals surface area contributed by atoms with Crippen LogP contribution in [0, 0.1) is 11.3 Å². The molecule has 0 aromatic heterocycles. The summed E-state index contributed by atoms with van der Waals surface area (Å²) in [4.78, 5) is 13.7. The topological polar surface area (TPSA) is 56.1 Å². The number of Topliss-reactive ketones (excluding diaryl/α,β-unsaturated/α-hetero) is 1. The number of piperazine rings is 1. The number of anilines is 1. The standard InChI is InChI=1S/C15H19N3O/c1-11-9-17-14(6-7-16)10-18(11)15-5-3-4-13(8-15)12(2)19/h3-5,8,11,14,17H,6,9-10H2,1-2H3. The van der Waals surface area contributed by atoms with Gasteiger partial charge in [-0.25, -0.2) is 0 Å². The van der Waals surface area contributed by atoms with E-state index in [1.54, 1.807) is 6.92 Å². The van der Waals surface area contributed by atoms with Crippen LogP contribution in [0.3, 0.4) is 0 Å². The molecule has 0 saturated carbocycles. The van der Waals surface area contributed by atoms with E-state index in [0.29, 0.717) is 12.5 Å². The van der Waals surface area contributed by atoms with E-state index >= 15 is 0 Å². The van der Waals surface area contributed by atoms with E-state index in [1.807, 2.05) is 24.3 Å². The van der Waals surface area contributed by atoms with Gasteiger partial charge in [0.1, 0.15) is 0 Å². The van der Waals surface area contributed by atoms with Crippen LogP contribution in [0.25, 0.3) is 0 Å². The number of hydrogen-bond acceptors (Lipinski definition) is 4. The molecule has 1 saturated heterocycles. The number of nitrogens with one attached hydrogen (secondary N) is 1. The van der Waals surface area contributed by atoms with Crippen molar-refractivity contribution >= 4 is 11.5 Å². The molecule has 2 rings (SSSR count). The Morgan fingerprint density at radius 1 is 1.58 bits per heavy atom. The Labute approximate surface area is 114 Å². The fourth-order valence-corrected chi connectivity index (χ4v) is 2.44. The number of nitriles is 1. The average molecular weight is 257 g/mol. The minimum atomic E-state index is 0.0817. The van der Waals surface area contributed by atoms with Crippen molar-refractivity contribution < 1.29 is 4.79 Å². The number of nitrogens with zero attached hydrogens (tertiary/aromatic N) is 2. The average Bonchev–Trinajstić information content (AvgIpc) is 2.41. The summed E-state index contributed by atoms with van der Waals surface area (Å²) in [6.07, 6.45) is 0.510. The molecule has 0 amide bonds. The second kappa shape index (κ2) is 5.85. The van der Waals surface area contributed by atoms with Crippen molar-refractivity contribution in [1.29, 1.82) is 5.26 Å². The van der Waals surface area contributed by atoms with Crippen LogP contribution in [0.4, 0.5) is 5.69 Å². The maximum atomic E-state index is 11.5. The zero-order valence-corrected chi connectivity index (χ0v) is 11.4. The van der Waals surface area contributed by atoms with Crippen LogP contribution in [0.5, 0.6) is 0 Å².